The van der Waals surface area contributed by atoms with E-state index in [0.29, 0.717) is 4.57 Å². The summed E-state index contributed by atoms with van der Waals surface area (Å²) in [5, 5.41) is 5.28. The molecular formula is C34H31F4N7O6S. The van der Waals surface area contributed by atoms with Crippen LogP contribution < -0.4 is 26.6 Å². The lowest BCUT2D eigenvalue weighted by Crippen LogP contribution is -2.44. The maximum absolute atomic E-state index is 15.2. The number of halogens is 4. The SMILES string of the molecule is CC(C)n1cc(C(=O)Nc2ccc(Oc3ccnc(Nc4ccc(S(=O)(=O)N(C)C)cn4)c3)c(F)c2)c(=O)n(Cc2ccccc2C(F)(F)F)c1=O. The highest BCUT2D eigenvalue weighted by molar-refractivity contribution is 7.89. The minimum absolute atomic E-state index is 0.00844. The molecule has 1 amide bonds. The average molecular weight is 742 g/mol. The number of hydrogen-bond acceptors (Lipinski definition) is 9. The maximum Gasteiger partial charge on any atom is 0.416 e. The third-order valence-electron chi connectivity index (χ3n) is 7.57. The molecule has 0 saturated carbocycles. The Labute approximate surface area is 294 Å². The predicted molar refractivity (Wildman–Crippen MR) is 183 cm³/mol. The highest BCUT2D eigenvalue weighted by Crippen LogP contribution is 2.32. The molecular weight excluding hydrogens is 710 g/mol. The third kappa shape index (κ3) is 8.18. The van der Waals surface area contributed by atoms with Crippen LogP contribution in [-0.4, -0.2) is 51.8 Å². The van der Waals surface area contributed by atoms with Crippen molar-refractivity contribution in [1.29, 1.82) is 0 Å². The van der Waals surface area contributed by atoms with Crippen molar-refractivity contribution in [1.82, 2.24) is 23.4 Å². The average Bonchev–Trinajstić information content (AvgIpc) is 3.08. The number of pyridine rings is 2. The number of aromatic nitrogens is 4. The molecule has 0 spiro atoms. The van der Waals surface area contributed by atoms with Gasteiger partial charge in [-0.1, -0.05) is 18.2 Å². The molecule has 2 aromatic carbocycles. The lowest BCUT2D eigenvalue weighted by molar-refractivity contribution is -0.138. The number of sulfonamides is 1. The van der Waals surface area contributed by atoms with Crippen LogP contribution in [0.2, 0.25) is 0 Å². The minimum Gasteiger partial charge on any atom is -0.454 e. The van der Waals surface area contributed by atoms with Crippen molar-refractivity contribution in [2.75, 3.05) is 24.7 Å². The quantitative estimate of drug-likeness (QED) is 0.164. The normalized spacial score (nSPS) is 11.9. The molecule has 3 heterocycles. The van der Waals surface area contributed by atoms with Gasteiger partial charge in [-0.25, -0.2) is 31.9 Å². The lowest BCUT2D eigenvalue weighted by atomic mass is 10.1. The fourth-order valence-electron chi connectivity index (χ4n) is 4.87. The zero-order valence-corrected chi connectivity index (χ0v) is 28.8. The molecule has 5 rings (SSSR count). The molecule has 2 N–H and O–H groups in total. The van der Waals surface area contributed by atoms with E-state index in [9.17, 15) is 36.0 Å². The molecule has 3 aromatic heterocycles. The van der Waals surface area contributed by atoms with Crippen molar-refractivity contribution in [3.63, 3.8) is 0 Å². The number of carbonyl (C=O) groups excluding carboxylic acids is 1. The maximum atomic E-state index is 15.2. The molecule has 0 unspecified atom stereocenters. The number of carbonyl (C=O) groups is 1. The smallest absolute Gasteiger partial charge is 0.416 e. The summed E-state index contributed by atoms with van der Waals surface area (Å²) in [5.41, 5.74) is -4.08. The Morgan fingerprint density at radius 1 is 0.981 bits per heavy atom. The van der Waals surface area contributed by atoms with E-state index in [2.05, 4.69) is 20.6 Å². The molecule has 0 aliphatic rings. The van der Waals surface area contributed by atoms with E-state index in [0.717, 1.165) is 33.3 Å². The first-order chi connectivity index (χ1) is 24.4. The Kier molecular flexibility index (Phi) is 10.6. The van der Waals surface area contributed by atoms with Crippen LogP contribution in [-0.2, 0) is 22.7 Å². The van der Waals surface area contributed by atoms with Crippen LogP contribution in [0, 0.1) is 5.82 Å². The fraction of sp³-hybridized carbons (Fsp3) is 0.206. The summed E-state index contributed by atoms with van der Waals surface area (Å²) >= 11 is 0. The van der Waals surface area contributed by atoms with Gasteiger partial charge in [0, 0.05) is 56.5 Å². The van der Waals surface area contributed by atoms with Gasteiger partial charge in [0.2, 0.25) is 10.0 Å². The largest absolute Gasteiger partial charge is 0.454 e. The lowest BCUT2D eigenvalue weighted by Gasteiger charge is -2.17. The molecule has 0 aliphatic carbocycles. The van der Waals surface area contributed by atoms with Crippen LogP contribution in [0.15, 0.2) is 99.8 Å². The molecule has 5 aromatic rings. The number of nitrogens with one attached hydrogen (secondary N) is 2. The van der Waals surface area contributed by atoms with Crippen LogP contribution in [0.3, 0.4) is 0 Å². The van der Waals surface area contributed by atoms with Gasteiger partial charge in [-0.3, -0.25) is 18.7 Å². The summed E-state index contributed by atoms with van der Waals surface area (Å²) in [6.45, 7) is 2.43. The number of rotatable bonds is 11. The summed E-state index contributed by atoms with van der Waals surface area (Å²) in [5.74, 6) is -1.51. The molecule has 0 saturated heterocycles. The van der Waals surface area contributed by atoms with Gasteiger partial charge in [-0.05, 0) is 55.8 Å². The first-order valence-corrected chi connectivity index (χ1v) is 16.8. The second kappa shape index (κ2) is 14.8. The van der Waals surface area contributed by atoms with Gasteiger partial charge >= 0.3 is 11.9 Å². The van der Waals surface area contributed by atoms with E-state index in [1.54, 1.807) is 13.8 Å². The van der Waals surface area contributed by atoms with Crippen LogP contribution in [0.25, 0.3) is 0 Å². The molecule has 0 aliphatic heterocycles. The van der Waals surface area contributed by atoms with Gasteiger partial charge < -0.3 is 15.4 Å². The first kappa shape index (κ1) is 37.4. The Morgan fingerprint density at radius 2 is 1.71 bits per heavy atom. The first-order valence-electron chi connectivity index (χ1n) is 15.4. The molecule has 52 heavy (non-hydrogen) atoms. The van der Waals surface area contributed by atoms with Crippen LogP contribution >= 0.6 is 0 Å². The Morgan fingerprint density at radius 3 is 2.35 bits per heavy atom. The number of hydrogen-bond donors (Lipinski definition) is 2. The van der Waals surface area contributed by atoms with E-state index < -0.39 is 62.9 Å². The van der Waals surface area contributed by atoms with Gasteiger partial charge in [0.1, 0.15) is 27.8 Å². The summed E-state index contributed by atoms with van der Waals surface area (Å²) in [6.07, 6.45) is -1.19. The topological polar surface area (TPSA) is 158 Å². The van der Waals surface area contributed by atoms with E-state index in [4.69, 9.17) is 4.74 Å². The van der Waals surface area contributed by atoms with Gasteiger partial charge in [0.15, 0.2) is 11.6 Å². The van der Waals surface area contributed by atoms with Crippen LogP contribution in [0.5, 0.6) is 11.5 Å². The molecule has 0 fully saturated rings. The highest BCUT2D eigenvalue weighted by atomic mass is 32.2. The standard InChI is InChI=1S/C34H31F4N7O6S/c1-20(2)44-19-25(32(47)45(33(44)48)18-21-7-5-6-8-26(21)34(36,37)38)31(46)41-22-9-11-28(27(35)15-22)51-23-13-14-39-30(16-23)42-29-12-10-24(17-40-29)52(49,50)43(3)4/h5-17,19-20H,18H2,1-4H3,(H,41,46)(H,39,40,42). The van der Waals surface area contributed by atoms with Gasteiger partial charge in [-0.15, -0.1) is 0 Å². The van der Waals surface area contributed by atoms with Gasteiger partial charge in [-0.2, -0.15) is 13.2 Å². The van der Waals surface area contributed by atoms with Crippen molar-refractivity contribution in [3.8, 4) is 11.5 Å². The molecule has 0 atom stereocenters. The van der Waals surface area contributed by atoms with Crippen molar-refractivity contribution >= 4 is 33.3 Å². The van der Waals surface area contributed by atoms with Gasteiger partial charge in [0.25, 0.3) is 11.5 Å². The third-order valence-corrected chi connectivity index (χ3v) is 9.37. The molecule has 18 heteroatoms. The number of nitrogens with zero attached hydrogens (tertiary/aromatic N) is 5. The van der Waals surface area contributed by atoms with E-state index >= 15 is 4.39 Å². The van der Waals surface area contributed by atoms with E-state index in [1.165, 1.54) is 75.0 Å². The summed E-state index contributed by atoms with van der Waals surface area (Å²) in [7, 11) is -0.878. The second-order valence-corrected chi connectivity index (χ2v) is 13.9. The van der Waals surface area contributed by atoms with Crippen molar-refractivity contribution in [3.05, 3.63) is 129 Å². The molecule has 0 bridgehead atoms. The van der Waals surface area contributed by atoms with E-state index in [1.807, 2.05) is 0 Å². The van der Waals surface area contributed by atoms with Crippen molar-refractivity contribution < 1.29 is 35.5 Å². The summed E-state index contributed by atoms with van der Waals surface area (Å²) in [6, 6.07) is 13.0. The Balaban J connectivity index is 1.34. The van der Waals surface area contributed by atoms with Crippen LogP contribution in [0.1, 0.15) is 41.4 Å². The summed E-state index contributed by atoms with van der Waals surface area (Å²) < 4.78 is 89.0. The van der Waals surface area contributed by atoms with E-state index in [-0.39, 0.29) is 39.3 Å². The Bertz CT molecular complexity index is 2360. The second-order valence-electron chi connectivity index (χ2n) is 11.7. The van der Waals surface area contributed by atoms with Gasteiger partial charge in [0.05, 0.1) is 12.1 Å². The molecule has 13 nitrogen and oxygen atoms in total. The van der Waals surface area contributed by atoms with Crippen LogP contribution in [0.4, 0.5) is 34.9 Å². The number of benzene rings is 2. The Hall–Kier alpha value is -5.88. The highest BCUT2D eigenvalue weighted by Gasteiger charge is 2.33. The van der Waals surface area contributed by atoms with Crippen molar-refractivity contribution in [2.45, 2.75) is 37.5 Å². The molecule has 272 valence electrons. The van der Waals surface area contributed by atoms with Crippen molar-refractivity contribution in [2.24, 2.45) is 0 Å². The number of alkyl halides is 3. The number of ether oxygens (including phenoxy) is 1. The summed E-state index contributed by atoms with van der Waals surface area (Å²) in [4.78, 5) is 48.1. The monoisotopic (exact) mass is 741 g/mol. The minimum atomic E-state index is -4.76. The number of anilines is 3. The zero-order valence-electron chi connectivity index (χ0n) is 28.0. The number of amides is 1. The zero-order chi connectivity index (χ0) is 38.0. The predicted octanol–water partition coefficient (Wildman–Crippen LogP) is 5.63. The molecule has 0 radical (unpaired) electrons. The fourth-order valence-corrected chi connectivity index (χ4v) is 5.72.